The number of hydrogen-bond donors (Lipinski definition) is 1. The molecule has 2 atom stereocenters. The summed E-state index contributed by atoms with van der Waals surface area (Å²) in [5.74, 6) is 0.161. The van der Waals surface area contributed by atoms with Crippen LogP contribution < -0.4 is 5.73 Å². The Hall–Kier alpha value is -0.305. The van der Waals surface area contributed by atoms with Crippen LogP contribution in [0.5, 0.6) is 0 Å². The number of carbonyl (C=O) groups is 1. The number of rotatable bonds is 1. The van der Waals surface area contributed by atoms with Crippen molar-refractivity contribution in [1.82, 2.24) is 0 Å². The molecule has 0 aromatic heterocycles. The summed E-state index contributed by atoms with van der Waals surface area (Å²) >= 11 is 0. The minimum Gasteiger partial charge on any atom is -0.327 e. The van der Waals surface area contributed by atoms with E-state index in [0.29, 0.717) is 0 Å². The summed E-state index contributed by atoms with van der Waals surface area (Å²) in [7, 11) is 1.65. The molecule has 1 aliphatic carbocycles. The van der Waals surface area contributed by atoms with Crippen LogP contribution in [0.15, 0.2) is 0 Å². The van der Waals surface area contributed by atoms with Crippen molar-refractivity contribution in [1.29, 1.82) is 0 Å². The van der Waals surface area contributed by atoms with E-state index in [2.05, 4.69) is 0 Å². The van der Waals surface area contributed by atoms with E-state index >= 15 is 0 Å². The standard InChI is InChI=1S/C7H14BNO/c8-7(10)5-3-1-2-4-6(5)9/h5-6H,1-4,8-9H2/t5-,6+/m0/s1. The third kappa shape index (κ3) is 1.60. The Kier molecular flexibility index (Phi) is 2.49. The van der Waals surface area contributed by atoms with Crippen molar-refractivity contribution in [2.45, 2.75) is 31.7 Å². The van der Waals surface area contributed by atoms with Gasteiger partial charge in [-0.2, -0.15) is 0 Å². The SMILES string of the molecule is BC(=O)[C@H]1CCCC[C@H]1N. The van der Waals surface area contributed by atoms with Crippen molar-refractivity contribution in [2.24, 2.45) is 11.7 Å². The third-order valence-electron chi connectivity index (χ3n) is 2.34. The average Bonchev–Trinajstić information content (AvgIpc) is 1.88. The van der Waals surface area contributed by atoms with Gasteiger partial charge < -0.3 is 10.5 Å². The van der Waals surface area contributed by atoms with E-state index in [0.717, 1.165) is 12.8 Å². The van der Waals surface area contributed by atoms with Crippen molar-refractivity contribution in [3.63, 3.8) is 0 Å². The zero-order chi connectivity index (χ0) is 7.56. The van der Waals surface area contributed by atoms with Gasteiger partial charge in [-0.25, -0.2) is 0 Å². The molecular weight excluding hydrogens is 125 g/mol. The minimum atomic E-state index is 0.145. The van der Waals surface area contributed by atoms with Gasteiger partial charge in [-0.3, -0.25) is 0 Å². The minimum absolute atomic E-state index is 0.145. The van der Waals surface area contributed by atoms with Crippen LogP contribution in [0.1, 0.15) is 25.7 Å². The number of nitrogens with two attached hydrogens (primary N) is 1. The molecule has 0 saturated heterocycles. The fraction of sp³-hybridized carbons (Fsp3) is 0.857. The Morgan fingerprint density at radius 1 is 1.40 bits per heavy atom. The van der Waals surface area contributed by atoms with Crippen LogP contribution in [0.4, 0.5) is 0 Å². The molecule has 0 spiro atoms. The highest BCUT2D eigenvalue weighted by Crippen LogP contribution is 2.22. The first-order valence-electron chi connectivity index (χ1n) is 3.98. The van der Waals surface area contributed by atoms with Gasteiger partial charge in [-0.1, -0.05) is 12.8 Å². The zero-order valence-electron chi connectivity index (χ0n) is 6.47. The van der Waals surface area contributed by atoms with Crippen LogP contribution in [-0.4, -0.2) is 19.6 Å². The highest BCUT2D eigenvalue weighted by atomic mass is 16.1. The van der Waals surface area contributed by atoms with Crippen LogP contribution in [-0.2, 0) is 4.79 Å². The molecule has 0 heterocycles. The molecule has 0 aromatic rings. The number of hydrogen-bond acceptors (Lipinski definition) is 2. The maximum Gasteiger partial charge on any atom is 0.187 e. The van der Waals surface area contributed by atoms with E-state index in [1.165, 1.54) is 12.8 Å². The fourth-order valence-electron chi connectivity index (χ4n) is 1.66. The largest absolute Gasteiger partial charge is 0.327 e. The van der Waals surface area contributed by atoms with E-state index in [1.54, 1.807) is 7.85 Å². The molecular formula is C7H14BNO. The summed E-state index contributed by atoms with van der Waals surface area (Å²) in [6, 6.07) is 0.145. The van der Waals surface area contributed by atoms with Gasteiger partial charge in [0.25, 0.3) is 0 Å². The molecule has 1 fully saturated rings. The van der Waals surface area contributed by atoms with Gasteiger partial charge in [0, 0.05) is 12.0 Å². The first-order valence-corrected chi connectivity index (χ1v) is 3.98. The van der Waals surface area contributed by atoms with E-state index in [4.69, 9.17) is 5.73 Å². The normalized spacial score (nSPS) is 33.7. The van der Waals surface area contributed by atoms with Gasteiger partial charge in [0.2, 0.25) is 0 Å². The Labute approximate surface area is 62.6 Å². The molecule has 1 saturated carbocycles. The molecule has 0 aromatic carbocycles. The van der Waals surface area contributed by atoms with Crippen LogP contribution in [0.2, 0.25) is 0 Å². The quantitative estimate of drug-likeness (QED) is 0.505. The Morgan fingerprint density at radius 3 is 2.40 bits per heavy atom. The fourth-order valence-corrected chi connectivity index (χ4v) is 1.66. The summed E-state index contributed by atoms with van der Waals surface area (Å²) in [4.78, 5) is 10.9. The van der Waals surface area contributed by atoms with Gasteiger partial charge >= 0.3 is 0 Å². The molecule has 3 heteroatoms. The van der Waals surface area contributed by atoms with Crippen LogP contribution >= 0.6 is 0 Å². The summed E-state index contributed by atoms with van der Waals surface area (Å²) < 4.78 is 0. The van der Waals surface area contributed by atoms with Crippen molar-refractivity contribution in [2.75, 3.05) is 0 Å². The molecule has 1 aliphatic rings. The first kappa shape index (κ1) is 7.80. The second-order valence-corrected chi connectivity index (χ2v) is 3.17. The third-order valence-corrected chi connectivity index (χ3v) is 2.34. The number of carbonyl (C=O) groups excluding carboxylic acids is 1. The Bertz CT molecular complexity index is 138. The van der Waals surface area contributed by atoms with Crippen molar-refractivity contribution >= 4 is 13.5 Å². The molecule has 2 nitrogen and oxygen atoms in total. The predicted molar refractivity (Wildman–Crippen MR) is 43.5 cm³/mol. The topological polar surface area (TPSA) is 43.1 Å². The first-order chi connectivity index (χ1) is 4.72. The maximum atomic E-state index is 10.9. The lowest BCUT2D eigenvalue weighted by atomic mass is 9.76. The van der Waals surface area contributed by atoms with E-state index in [-0.39, 0.29) is 17.6 Å². The molecule has 2 N–H and O–H groups in total. The van der Waals surface area contributed by atoms with Crippen LogP contribution in [0.3, 0.4) is 0 Å². The van der Waals surface area contributed by atoms with Gasteiger partial charge in [0.15, 0.2) is 7.85 Å². The summed E-state index contributed by atoms with van der Waals surface area (Å²) in [5.41, 5.74) is 6.03. The second-order valence-electron chi connectivity index (χ2n) is 3.17. The zero-order valence-corrected chi connectivity index (χ0v) is 6.47. The summed E-state index contributed by atoms with van der Waals surface area (Å²) in [5, 5.41) is 0. The molecule has 0 radical (unpaired) electrons. The monoisotopic (exact) mass is 139 g/mol. The molecule has 0 bridgehead atoms. The van der Waals surface area contributed by atoms with Gasteiger partial charge in [0.1, 0.15) is 0 Å². The highest BCUT2D eigenvalue weighted by molar-refractivity contribution is 6.58. The molecule has 1 rings (SSSR count). The molecule has 10 heavy (non-hydrogen) atoms. The van der Waals surface area contributed by atoms with Gasteiger partial charge in [-0.05, 0) is 12.8 Å². The van der Waals surface area contributed by atoms with Crippen LogP contribution in [0.25, 0.3) is 0 Å². The molecule has 0 amide bonds. The smallest absolute Gasteiger partial charge is 0.187 e. The lowest BCUT2D eigenvalue weighted by Gasteiger charge is -2.26. The Morgan fingerprint density at radius 2 is 2.00 bits per heavy atom. The van der Waals surface area contributed by atoms with Gasteiger partial charge in [0.05, 0.1) is 5.68 Å². The van der Waals surface area contributed by atoms with Gasteiger partial charge in [-0.15, -0.1) is 0 Å². The average molecular weight is 139 g/mol. The van der Waals surface area contributed by atoms with E-state index < -0.39 is 0 Å². The Balaban J connectivity index is 2.47. The molecule has 0 aliphatic heterocycles. The lowest BCUT2D eigenvalue weighted by Crippen LogP contribution is -2.38. The van der Waals surface area contributed by atoms with Crippen LogP contribution in [0, 0.1) is 5.92 Å². The molecule has 0 unspecified atom stereocenters. The lowest BCUT2D eigenvalue weighted by molar-refractivity contribution is -0.116. The highest BCUT2D eigenvalue weighted by Gasteiger charge is 2.24. The maximum absolute atomic E-state index is 10.9. The summed E-state index contributed by atoms with van der Waals surface area (Å²) in [6.07, 6.45) is 4.42. The second kappa shape index (κ2) is 3.19. The van der Waals surface area contributed by atoms with Crippen molar-refractivity contribution < 1.29 is 4.79 Å². The summed E-state index contributed by atoms with van der Waals surface area (Å²) in [6.45, 7) is 0. The molecule has 56 valence electrons. The van der Waals surface area contributed by atoms with Crippen molar-refractivity contribution in [3.8, 4) is 0 Å². The van der Waals surface area contributed by atoms with E-state index in [1.807, 2.05) is 0 Å². The van der Waals surface area contributed by atoms with Crippen molar-refractivity contribution in [3.05, 3.63) is 0 Å². The van der Waals surface area contributed by atoms with E-state index in [9.17, 15) is 4.79 Å². The predicted octanol–water partition coefficient (Wildman–Crippen LogP) is -0.336.